The molecule has 2 aromatic rings. The summed E-state index contributed by atoms with van der Waals surface area (Å²) in [6.45, 7) is 0. The number of alkyl halides is 4. The normalized spacial score (nSPS) is 12.2. The summed E-state index contributed by atoms with van der Waals surface area (Å²) < 4.78 is 38.2. The van der Waals surface area contributed by atoms with E-state index in [2.05, 4.69) is 26.2 Å². The van der Waals surface area contributed by atoms with Crippen molar-refractivity contribution in [1.82, 2.24) is 0 Å². The molecule has 0 heterocycles. The van der Waals surface area contributed by atoms with Crippen molar-refractivity contribution in [1.29, 1.82) is 0 Å². The van der Waals surface area contributed by atoms with Gasteiger partial charge in [0.15, 0.2) is 5.96 Å². The smallest absolute Gasteiger partial charge is 0.369 e. The number of benzene rings is 2. The summed E-state index contributed by atoms with van der Waals surface area (Å²) in [6, 6.07) is 12.3. The Kier molecular flexibility index (Phi) is 6.56. The van der Waals surface area contributed by atoms with Gasteiger partial charge in [-0.25, -0.2) is 4.99 Å². The van der Waals surface area contributed by atoms with E-state index >= 15 is 0 Å². The third-order valence-electron chi connectivity index (χ3n) is 2.90. The summed E-state index contributed by atoms with van der Waals surface area (Å²) in [5.74, 6) is 0.897. The number of thioether (sulfide) groups is 1. The second kappa shape index (κ2) is 8.43. The maximum Gasteiger partial charge on any atom is 0.416 e. The van der Waals surface area contributed by atoms with Gasteiger partial charge < -0.3 is 11.1 Å². The van der Waals surface area contributed by atoms with E-state index in [9.17, 15) is 13.2 Å². The lowest BCUT2D eigenvalue weighted by Gasteiger charge is -2.11. The Bertz CT molecular complexity index is 720. The summed E-state index contributed by atoms with van der Waals surface area (Å²) in [7, 11) is 0. The monoisotopic (exact) mass is 417 g/mol. The first-order chi connectivity index (χ1) is 11.4. The number of anilines is 1. The van der Waals surface area contributed by atoms with Crippen LogP contribution in [0.15, 0.2) is 58.4 Å². The number of hydrogen-bond donors (Lipinski definition) is 2. The van der Waals surface area contributed by atoms with Crippen LogP contribution in [0, 0.1) is 0 Å². The van der Waals surface area contributed by atoms with Crippen LogP contribution in [0.5, 0.6) is 0 Å². The van der Waals surface area contributed by atoms with E-state index in [1.807, 2.05) is 18.2 Å². The molecule has 0 aliphatic carbocycles. The Morgan fingerprint density at radius 2 is 1.92 bits per heavy atom. The zero-order chi connectivity index (χ0) is 17.6. The number of nitrogens with zero attached hydrogens (tertiary/aromatic N) is 1. The molecule has 0 atom stereocenters. The molecule has 2 rings (SSSR count). The number of aliphatic imine (C=N–C) groups is 1. The van der Waals surface area contributed by atoms with Crippen LogP contribution in [0.3, 0.4) is 0 Å². The van der Waals surface area contributed by atoms with Crippen LogP contribution in [0.25, 0.3) is 0 Å². The molecule has 0 amide bonds. The highest BCUT2D eigenvalue weighted by atomic mass is 79.9. The van der Waals surface area contributed by atoms with Gasteiger partial charge in [0.25, 0.3) is 0 Å². The quantitative estimate of drug-likeness (QED) is 0.302. The van der Waals surface area contributed by atoms with Gasteiger partial charge in [-0.2, -0.15) is 13.2 Å². The van der Waals surface area contributed by atoms with Crippen LogP contribution in [-0.4, -0.2) is 17.0 Å². The molecule has 24 heavy (non-hydrogen) atoms. The predicted molar refractivity (Wildman–Crippen MR) is 97.3 cm³/mol. The Balaban J connectivity index is 2.18. The van der Waals surface area contributed by atoms with E-state index in [0.717, 1.165) is 28.1 Å². The molecule has 0 aromatic heterocycles. The van der Waals surface area contributed by atoms with Crippen LogP contribution >= 0.6 is 27.7 Å². The maximum atomic E-state index is 12.7. The van der Waals surface area contributed by atoms with E-state index in [4.69, 9.17) is 5.73 Å². The largest absolute Gasteiger partial charge is 0.416 e. The van der Waals surface area contributed by atoms with Gasteiger partial charge in [0.05, 0.1) is 11.3 Å². The maximum absolute atomic E-state index is 12.7. The summed E-state index contributed by atoms with van der Waals surface area (Å²) in [5, 5.41) is 3.54. The molecular formula is C16H15BrF3N3S. The molecule has 0 aliphatic heterocycles. The molecule has 0 fully saturated rings. The van der Waals surface area contributed by atoms with E-state index < -0.39 is 11.7 Å². The molecule has 0 radical (unpaired) electrons. The van der Waals surface area contributed by atoms with Gasteiger partial charge in [-0.3, -0.25) is 0 Å². The standard InChI is InChI=1S/C16H15BrF3N3S/c17-8-9-24-14-7-2-1-6-13(14)23-15(21)22-12-5-3-4-11(10-12)16(18,19)20/h1-7,10H,8-9H2,(H3,21,22,23). The minimum Gasteiger partial charge on any atom is -0.369 e. The minimum absolute atomic E-state index is 0.0289. The van der Waals surface area contributed by atoms with E-state index in [-0.39, 0.29) is 11.6 Å². The molecule has 0 spiro atoms. The lowest BCUT2D eigenvalue weighted by Crippen LogP contribution is -2.22. The first-order valence-corrected chi connectivity index (χ1v) is 9.07. The van der Waals surface area contributed by atoms with Gasteiger partial charge in [0.1, 0.15) is 0 Å². The average molecular weight is 418 g/mol. The Morgan fingerprint density at radius 1 is 1.17 bits per heavy atom. The Morgan fingerprint density at radius 3 is 2.62 bits per heavy atom. The lowest BCUT2D eigenvalue weighted by atomic mass is 10.2. The lowest BCUT2D eigenvalue weighted by molar-refractivity contribution is -0.137. The SMILES string of the molecule is NC(=Nc1ccccc1SCCBr)Nc1cccc(C(F)(F)F)c1. The molecule has 0 bridgehead atoms. The van der Waals surface area contributed by atoms with Gasteiger partial charge in [-0.1, -0.05) is 34.1 Å². The van der Waals surface area contributed by atoms with E-state index in [0.29, 0.717) is 5.69 Å². The first kappa shape index (κ1) is 18.7. The highest BCUT2D eigenvalue weighted by Gasteiger charge is 2.30. The van der Waals surface area contributed by atoms with Gasteiger partial charge in [0.2, 0.25) is 0 Å². The number of para-hydroxylation sites is 1. The number of nitrogens with one attached hydrogen (secondary N) is 1. The van der Waals surface area contributed by atoms with Crippen molar-refractivity contribution in [2.45, 2.75) is 11.1 Å². The number of rotatable bonds is 5. The minimum atomic E-state index is -4.40. The average Bonchev–Trinajstić information content (AvgIpc) is 2.53. The van der Waals surface area contributed by atoms with Crippen LogP contribution < -0.4 is 11.1 Å². The van der Waals surface area contributed by atoms with Gasteiger partial charge in [0, 0.05) is 21.7 Å². The predicted octanol–water partition coefficient (Wildman–Crippen LogP) is 5.25. The van der Waals surface area contributed by atoms with Crippen LogP contribution in [-0.2, 0) is 6.18 Å². The highest BCUT2D eigenvalue weighted by molar-refractivity contribution is 9.09. The van der Waals surface area contributed by atoms with Crippen molar-refractivity contribution >= 4 is 45.0 Å². The second-order valence-corrected chi connectivity index (χ2v) is 6.64. The molecule has 3 nitrogen and oxygen atoms in total. The number of nitrogens with two attached hydrogens (primary N) is 1. The second-order valence-electron chi connectivity index (χ2n) is 4.71. The van der Waals surface area contributed by atoms with Crippen molar-refractivity contribution in [3.63, 3.8) is 0 Å². The third kappa shape index (κ3) is 5.45. The molecule has 0 aliphatic rings. The fraction of sp³-hybridized carbons (Fsp3) is 0.188. The summed E-state index contributed by atoms with van der Waals surface area (Å²) >= 11 is 4.98. The Labute approximate surface area is 150 Å². The molecule has 128 valence electrons. The Hall–Kier alpha value is -1.67. The summed E-state index contributed by atoms with van der Waals surface area (Å²) in [4.78, 5) is 5.21. The molecule has 0 unspecified atom stereocenters. The summed E-state index contributed by atoms with van der Waals surface area (Å²) in [5.41, 5.74) is 5.99. The number of halogens is 4. The molecular weight excluding hydrogens is 403 g/mol. The molecule has 0 saturated carbocycles. The van der Waals surface area contributed by atoms with E-state index in [1.165, 1.54) is 12.1 Å². The van der Waals surface area contributed by atoms with Crippen molar-refractivity contribution < 1.29 is 13.2 Å². The third-order valence-corrected chi connectivity index (χ3v) is 4.89. The zero-order valence-corrected chi connectivity index (χ0v) is 14.9. The van der Waals surface area contributed by atoms with Crippen molar-refractivity contribution in [2.75, 3.05) is 16.4 Å². The topological polar surface area (TPSA) is 50.4 Å². The number of hydrogen-bond acceptors (Lipinski definition) is 2. The molecule has 2 aromatic carbocycles. The van der Waals surface area contributed by atoms with Gasteiger partial charge >= 0.3 is 6.18 Å². The van der Waals surface area contributed by atoms with Crippen LogP contribution in [0.1, 0.15) is 5.56 Å². The first-order valence-electron chi connectivity index (χ1n) is 6.96. The van der Waals surface area contributed by atoms with Crippen molar-refractivity contribution in [3.05, 3.63) is 54.1 Å². The molecule has 8 heteroatoms. The number of guanidine groups is 1. The highest BCUT2D eigenvalue weighted by Crippen LogP contribution is 2.31. The van der Waals surface area contributed by atoms with Gasteiger partial charge in [-0.05, 0) is 30.3 Å². The van der Waals surface area contributed by atoms with Crippen LogP contribution in [0.4, 0.5) is 24.5 Å². The zero-order valence-electron chi connectivity index (χ0n) is 12.5. The van der Waals surface area contributed by atoms with Gasteiger partial charge in [-0.15, -0.1) is 11.8 Å². The van der Waals surface area contributed by atoms with Crippen LogP contribution in [0.2, 0.25) is 0 Å². The van der Waals surface area contributed by atoms with E-state index in [1.54, 1.807) is 17.8 Å². The fourth-order valence-electron chi connectivity index (χ4n) is 1.90. The molecule has 0 saturated heterocycles. The fourth-order valence-corrected chi connectivity index (χ4v) is 3.12. The summed E-state index contributed by atoms with van der Waals surface area (Å²) in [6.07, 6.45) is -4.40. The van der Waals surface area contributed by atoms with Crippen molar-refractivity contribution in [3.8, 4) is 0 Å². The molecule has 3 N–H and O–H groups in total. The van der Waals surface area contributed by atoms with Crippen molar-refractivity contribution in [2.24, 2.45) is 10.7 Å².